The molecule has 2 N–H and O–H groups in total. The van der Waals surface area contributed by atoms with Crippen molar-refractivity contribution in [2.45, 2.75) is 51.4 Å². The third-order valence-electron chi connectivity index (χ3n) is 6.10. The van der Waals surface area contributed by atoms with Crippen molar-refractivity contribution < 1.29 is 24.2 Å². The Bertz CT molecular complexity index is 945. The van der Waals surface area contributed by atoms with Crippen LogP contribution in [-0.2, 0) is 14.3 Å². The number of benzene rings is 2. The lowest BCUT2D eigenvalue weighted by molar-refractivity contribution is -0.144. The van der Waals surface area contributed by atoms with Crippen LogP contribution in [0.15, 0.2) is 48.5 Å². The second-order valence-electron chi connectivity index (χ2n) is 8.63. The van der Waals surface area contributed by atoms with E-state index >= 15 is 0 Å². The number of nitrogens with one attached hydrogen (secondary N) is 1. The van der Waals surface area contributed by atoms with Gasteiger partial charge >= 0.3 is 12.1 Å². The van der Waals surface area contributed by atoms with Crippen LogP contribution in [0.4, 0.5) is 4.79 Å². The number of alkyl carbamates (subject to hydrolysis) is 1. The Kier molecular flexibility index (Phi) is 9.50. The van der Waals surface area contributed by atoms with E-state index in [1.54, 1.807) is 0 Å². The molecule has 2 amide bonds. The lowest BCUT2D eigenvalue weighted by Crippen LogP contribution is -2.36. The Balaban J connectivity index is 1.32. The second kappa shape index (κ2) is 12.8. The number of unbranched alkanes of at least 4 members (excludes halogenated alkanes) is 3. The molecule has 34 heavy (non-hydrogen) atoms. The van der Waals surface area contributed by atoms with Gasteiger partial charge < -0.3 is 20.1 Å². The van der Waals surface area contributed by atoms with E-state index in [1.165, 1.54) is 27.2 Å². The van der Waals surface area contributed by atoms with Crippen LogP contribution in [0.2, 0.25) is 0 Å². The molecule has 2 aromatic carbocycles. The molecule has 0 saturated heterocycles. The zero-order chi connectivity index (χ0) is 24.3. The minimum absolute atomic E-state index is 0.0455. The Morgan fingerprint density at radius 3 is 2.18 bits per heavy atom. The number of nitrogens with zero attached hydrogens (tertiary/aromatic N) is 1. The van der Waals surface area contributed by atoms with Gasteiger partial charge in [-0.05, 0) is 41.5 Å². The van der Waals surface area contributed by atoms with Gasteiger partial charge in [0.05, 0.1) is 0 Å². The SMILES string of the molecule is CCCN(CC(=O)O)C(=O)CCCCCCNC(=O)OCC1c2ccccc2-c2ccccc21. The zero-order valence-electron chi connectivity index (χ0n) is 19.8. The summed E-state index contributed by atoms with van der Waals surface area (Å²) >= 11 is 0. The number of aliphatic carboxylic acids is 1. The fourth-order valence-electron chi connectivity index (χ4n) is 4.48. The molecule has 0 unspecified atom stereocenters. The first-order valence-electron chi connectivity index (χ1n) is 12.1. The van der Waals surface area contributed by atoms with Crippen LogP contribution in [0, 0.1) is 0 Å². The smallest absolute Gasteiger partial charge is 0.407 e. The van der Waals surface area contributed by atoms with E-state index < -0.39 is 12.1 Å². The average Bonchev–Trinajstić information content (AvgIpc) is 3.15. The van der Waals surface area contributed by atoms with Crippen LogP contribution in [0.5, 0.6) is 0 Å². The molecule has 0 aromatic heterocycles. The van der Waals surface area contributed by atoms with E-state index in [0.29, 0.717) is 32.5 Å². The van der Waals surface area contributed by atoms with Crippen LogP contribution in [0.3, 0.4) is 0 Å². The molecule has 1 aliphatic carbocycles. The summed E-state index contributed by atoms with van der Waals surface area (Å²) < 4.78 is 5.53. The number of amides is 2. The fraction of sp³-hybridized carbons (Fsp3) is 0.444. The quantitative estimate of drug-likeness (QED) is 0.414. The first-order chi connectivity index (χ1) is 16.5. The van der Waals surface area contributed by atoms with Crippen LogP contribution in [-0.4, -0.2) is 54.2 Å². The van der Waals surface area contributed by atoms with Crippen molar-refractivity contribution in [2.75, 3.05) is 26.2 Å². The third kappa shape index (κ3) is 6.83. The van der Waals surface area contributed by atoms with Crippen molar-refractivity contribution in [3.05, 3.63) is 59.7 Å². The van der Waals surface area contributed by atoms with Crippen LogP contribution in [0.1, 0.15) is 62.5 Å². The Labute approximate surface area is 201 Å². The first-order valence-corrected chi connectivity index (χ1v) is 12.1. The molecular formula is C27H34N2O5. The number of carbonyl (C=O) groups is 3. The molecule has 0 heterocycles. The number of rotatable bonds is 13. The molecular weight excluding hydrogens is 432 g/mol. The molecule has 0 fully saturated rings. The van der Waals surface area contributed by atoms with Gasteiger partial charge in [-0.3, -0.25) is 9.59 Å². The summed E-state index contributed by atoms with van der Waals surface area (Å²) in [4.78, 5) is 36.7. The maximum absolute atomic E-state index is 12.2. The van der Waals surface area contributed by atoms with Crippen molar-refractivity contribution in [1.82, 2.24) is 10.2 Å². The van der Waals surface area contributed by atoms with Gasteiger partial charge in [-0.1, -0.05) is 68.3 Å². The largest absolute Gasteiger partial charge is 0.480 e. The van der Waals surface area contributed by atoms with Crippen molar-refractivity contribution in [3.8, 4) is 11.1 Å². The summed E-state index contributed by atoms with van der Waals surface area (Å²) in [5, 5.41) is 11.7. The van der Waals surface area contributed by atoms with Gasteiger partial charge in [0, 0.05) is 25.4 Å². The molecule has 1 aliphatic rings. The molecule has 0 radical (unpaired) electrons. The number of carboxylic acid groups (broad SMARTS) is 1. The number of hydrogen-bond donors (Lipinski definition) is 2. The fourth-order valence-corrected chi connectivity index (χ4v) is 4.48. The Morgan fingerprint density at radius 2 is 1.56 bits per heavy atom. The molecule has 0 aliphatic heterocycles. The van der Waals surface area contributed by atoms with E-state index in [2.05, 4.69) is 29.6 Å². The molecule has 3 rings (SSSR count). The highest BCUT2D eigenvalue weighted by atomic mass is 16.5. The standard InChI is InChI=1S/C27H34N2O5/c1-2-17-29(18-26(31)32)25(30)15-5-3-4-10-16-28-27(33)34-19-24-22-13-8-6-11-20(22)21-12-7-9-14-23(21)24/h6-9,11-14,24H,2-5,10,15-19H2,1H3,(H,28,33)(H,31,32). The predicted molar refractivity (Wildman–Crippen MR) is 131 cm³/mol. The number of ether oxygens (including phenoxy) is 1. The topological polar surface area (TPSA) is 95.9 Å². The maximum atomic E-state index is 12.2. The minimum atomic E-state index is -0.985. The monoisotopic (exact) mass is 466 g/mol. The third-order valence-corrected chi connectivity index (χ3v) is 6.10. The molecule has 7 nitrogen and oxygen atoms in total. The number of carboxylic acids is 1. The summed E-state index contributed by atoms with van der Waals surface area (Å²) in [6.07, 6.45) is 3.92. The van der Waals surface area contributed by atoms with Crippen molar-refractivity contribution in [3.63, 3.8) is 0 Å². The summed E-state index contributed by atoms with van der Waals surface area (Å²) in [6.45, 7) is 2.97. The second-order valence-corrected chi connectivity index (χ2v) is 8.63. The average molecular weight is 467 g/mol. The maximum Gasteiger partial charge on any atom is 0.407 e. The van der Waals surface area contributed by atoms with Gasteiger partial charge in [0.15, 0.2) is 0 Å². The molecule has 2 aromatic rings. The highest BCUT2D eigenvalue weighted by Gasteiger charge is 2.28. The van der Waals surface area contributed by atoms with Crippen LogP contribution in [0.25, 0.3) is 11.1 Å². The van der Waals surface area contributed by atoms with Crippen molar-refractivity contribution in [1.29, 1.82) is 0 Å². The molecule has 0 spiro atoms. The van der Waals surface area contributed by atoms with Gasteiger partial charge in [0.2, 0.25) is 5.91 Å². The molecule has 182 valence electrons. The first kappa shape index (κ1) is 25.3. The van der Waals surface area contributed by atoms with Gasteiger partial charge in [-0.15, -0.1) is 0 Å². The highest BCUT2D eigenvalue weighted by molar-refractivity contribution is 5.81. The van der Waals surface area contributed by atoms with E-state index in [9.17, 15) is 14.4 Å². The van der Waals surface area contributed by atoms with Crippen molar-refractivity contribution >= 4 is 18.0 Å². The van der Waals surface area contributed by atoms with E-state index in [1.807, 2.05) is 31.2 Å². The van der Waals surface area contributed by atoms with Crippen LogP contribution >= 0.6 is 0 Å². The van der Waals surface area contributed by atoms with Gasteiger partial charge in [-0.2, -0.15) is 0 Å². The van der Waals surface area contributed by atoms with E-state index in [-0.39, 0.29) is 18.4 Å². The van der Waals surface area contributed by atoms with Gasteiger partial charge in [0.25, 0.3) is 0 Å². The number of fused-ring (bicyclic) bond motifs is 3. The lowest BCUT2D eigenvalue weighted by atomic mass is 9.98. The summed E-state index contributed by atoms with van der Waals surface area (Å²) in [5.41, 5.74) is 4.77. The molecule has 0 saturated carbocycles. The Morgan fingerprint density at radius 1 is 0.941 bits per heavy atom. The van der Waals surface area contributed by atoms with E-state index in [4.69, 9.17) is 9.84 Å². The van der Waals surface area contributed by atoms with Gasteiger partial charge in [0.1, 0.15) is 13.2 Å². The molecule has 7 heteroatoms. The minimum Gasteiger partial charge on any atom is -0.480 e. The molecule has 0 atom stereocenters. The van der Waals surface area contributed by atoms with E-state index in [0.717, 1.165) is 25.7 Å². The summed E-state index contributed by atoms with van der Waals surface area (Å²) in [7, 11) is 0. The molecule has 0 bridgehead atoms. The zero-order valence-corrected chi connectivity index (χ0v) is 19.8. The normalized spacial score (nSPS) is 12.0. The Hall–Kier alpha value is -3.35. The number of hydrogen-bond acceptors (Lipinski definition) is 4. The van der Waals surface area contributed by atoms with Crippen LogP contribution < -0.4 is 5.32 Å². The number of carbonyl (C=O) groups excluding carboxylic acids is 2. The summed E-state index contributed by atoms with van der Waals surface area (Å²) in [6, 6.07) is 16.5. The van der Waals surface area contributed by atoms with Gasteiger partial charge in [-0.25, -0.2) is 4.79 Å². The summed E-state index contributed by atoms with van der Waals surface area (Å²) in [5.74, 6) is -1.05. The van der Waals surface area contributed by atoms with Crippen molar-refractivity contribution in [2.24, 2.45) is 0 Å². The predicted octanol–water partition coefficient (Wildman–Crippen LogP) is 4.80. The highest BCUT2D eigenvalue weighted by Crippen LogP contribution is 2.44. The lowest BCUT2D eigenvalue weighted by Gasteiger charge is -2.19.